The van der Waals surface area contributed by atoms with Crippen LogP contribution in [-0.4, -0.2) is 32.1 Å². The molecule has 27 heavy (non-hydrogen) atoms. The summed E-state index contributed by atoms with van der Waals surface area (Å²) in [6, 6.07) is 12.2. The summed E-state index contributed by atoms with van der Waals surface area (Å²) in [6.45, 7) is 6.90. The summed E-state index contributed by atoms with van der Waals surface area (Å²) in [5, 5.41) is 8.29. The standard InChI is InChI=1S/C21H24N4O2/c1-4-25-20(18-9-11-22-12-10-18)23-24-21(25)27-14-19(26)13-16-5-7-17(8-6-16)15(2)3/h5-12,15H,4,13-14H2,1-3H3. The van der Waals surface area contributed by atoms with Crippen LogP contribution in [0.1, 0.15) is 37.8 Å². The zero-order valence-electron chi connectivity index (χ0n) is 15.9. The second kappa shape index (κ2) is 8.58. The summed E-state index contributed by atoms with van der Waals surface area (Å²) in [6.07, 6.45) is 3.76. The van der Waals surface area contributed by atoms with Gasteiger partial charge in [0.05, 0.1) is 0 Å². The molecule has 0 atom stereocenters. The van der Waals surface area contributed by atoms with Gasteiger partial charge >= 0.3 is 6.01 Å². The van der Waals surface area contributed by atoms with Crippen LogP contribution in [0, 0.1) is 0 Å². The van der Waals surface area contributed by atoms with Crippen LogP contribution in [0.2, 0.25) is 0 Å². The summed E-state index contributed by atoms with van der Waals surface area (Å²) >= 11 is 0. The largest absolute Gasteiger partial charge is 0.456 e. The van der Waals surface area contributed by atoms with Crippen LogP contribution in [0.5, 0.6) is 6.01 Å². The Bertz CT molecular complexity index is 886. The molecule has 0 fully saturated rings. The highest BCUT2D eigenvalue weighted by Crippen LogP contribution is 2.21. The number of hydrogen-bond acceptors (Lipinski definition) is 5. The van der Waals surface area contributed by atoms with E-state index in [1.807, 2.05) is 35.8 Å². The molecule has 0 radical (unpaired) electrons. The summed E-state index contributed by atoms with van der Waals surface area (Å²) < 4.78 is 7.50. The first kappa shape index (κ1) is 18.8. The molecule has 1 aromatic carbocycles. The molecule has 0 aliphatic rings. The molecule has 0 saturated carbocycles. The van der Waals surface area contributed by atoms with E-state index in [-0.39, 0.29) is 12.4 Å². The molecule has 0 unspecified atom stereocenters. The highest BCUT2D eigenvalue weighted by atomic mass is 16.5. The van der Waals surface area contributed by atoms with E-state index in [4.69, 9.17) is 4.74 Å². The summed E-state index contributed by atoms with van der Waals surface area (Å²) in [5.74, 6) is 1.18. The van der Waals surface area contributed by atoms with Crippen LogP contribution in [0.3, 0.4) is 0 Å². The number of aromatic nitrogens is 4. The molecular weight excluding hydrogens is 340 g/mol. The second-order valence-corrected chi connectivity index (χ2v) is 6.69. The Morgan fingerprint density at radius 1 is 1.07 bits per heavy atom. The molecule has 6 nitrogen and oxygen atoms in total. The van der Waals surface area contributed by atoms with E-state index in [9.17, 15) is 4.79 Å². The lowest BCUT2D eigenvalue weighted by Crippen LogP contribution is -2.16. The molecule has 6 heteroatoms. The Kier molecular flexibility index (Phi) is 5.96. The van der Waals surface area contributed by atoms with Gasteiger partial charge in [-0.3, -0.25) is 14.3 Å². The summed E-state index contributed by atoms with van der Waals surface area (Å²) in [7, 11) is 0. The van der Waals surface area contributed by atoms with Crippen LogP contribution in [0.15, 0.2) is 48.8 Å². The first-order valence-electron chi connectivity index (χ1n) is 9.15. The second-order valence-electron chi connectivity index (χ2n) is 6.69. The highest BCUT2D eigenvalue weighted by molar-refractivity contribution is 5.82. The summed E-state index contributed by atoms with van der Waals surface area (Å²) in [5.41, 5.74) is 3.16. The number of carbonyl (C=O) groups is 1. The van der Waals surface area contributed by atoms with E-state index in [1.54, 1.807) is 12.4 Å². The zero-order chi connectivity index (χ0) is 19.2. The van der Waals surface area contributed by atoms with Crippen molar-refractivity contribution in [3.63, 3.8) is 0 Å². The van der Waals surface area contributed by atoms with Gasteiger partial charge in [-0.25, -0.2) is 0 Å². The van der Waals surface area contributed by atoms with Gasteiger partial charge in [0.15, 0.2) is 18.2 Å². The SMILES string of the molecule is CCn1c(OCC(=O)Cc2ccc(C(C)C)cc2)nnc1-c1ccncc1. The van der Waals surface area contributed by atoms with Crippen LogP contribution >= 0.6 is 0 Å². The molecule has 0 saturated heterocycles. The van der Waals surface area contributed by atoms with Crippen LogP contribution < -0.4 is 4.74 Å². The van der Waals surface area contributed by atoms with Gasteiger partial charge in [0.1, 0.15) is 0 Å². The Morgan fingerprint density at radius 2 is 1.78 bits per heavy atom. The van der Waals surface area contributed by atoms with E-state index in [2.05, 4.69) is 41.2 Å². The average Bonchev–Trinajstić information content (AvgIpc) is 3.10. The fourth-order valence-corrected chi connectivity index (χ4v) is 2.84. The van der Waals surface area contributed by atoms with Gasteiger partial charge in [-0.05, 0) is 36.1 Å². The molecule has 3 rings (SSSR count). The highest BCUT2D eigenvalue weighted by Gasteiger charge is 2.15. The van der Waals surface area contributed by atoms with Crippen LogP contribution in [0.25, 0.3) is 11.4 Å². The number of pyridine rings is 1. The topological polar surface area (TPSA) is 69.9 Å². The maximum absolute atomic E-state index is 12.3. The smallest absolute Gasteiger partial charge is 0.317 e. The zero-order valence-corrected chi connectivity index (χ0v) is 15.9. The van der Waals surface area contributed by atoms with Crippen molar-refractivity contribution in [2.75, 3.05) is 6.61 Å². The lowest BCUT2D eigenvalue weighted by molar-refractivity contribution is -0.120. The van der Waals surface area contributed by atoms with Gasteiger partial charge in [0.25, 0.3) is 0 Å². The number of ketones is 1. The third-order valence-electron chi connectivity index (χ3n) is 4.38. The first-order chi connectivity index (χ1) is 13.1. The first-order valence-corrected chi connectivity index (χ1v) is 9.15. The summed E-state index contributed by atoms with van der Waals surface area (Å²) in [4.78, 5) is 16.3. The normalized spacial score (nSPS) is 11.0. The fourth-order valence-electron chi connectivity index (χ4n) is 2.84. The minimum Gasteiger partial charge on any atom is -0.456 e. The van der Waals surface area contributed by atoms with Gasteiger partial charge in [-0.2, -0.15) is 0 Å². The molecule has 3 aromatic rings. The number of Topliss-reactive ketones (excluding diaryl/α,β-unsaturated/α-hetero) is 1. The Morgan fingerprint density at radius 3 is 2.41 bits per heavy atom. The number of hydrogen-bond donors (Lipinski definition) is 0. The molecule has 140 valence electrons. The van der Waals surface area contributed by atoms with Crippen molar-refractivity contribution in [1.29, 1.82) is 0 Å². The number of nitrogens with zero attached hydrogens (tertiary/aromatic N) is 4. The molecule has 0 aliphatic carbocycles. The minimum absolute atomic E-state index is 0.00316. The van der Waals surface area contributed by atoms with E-state index in [0.29, 0.717) is 30.7 Å². The fraction of sp³-hybridized carbons (Fsp3) is 0.333. The lowest BCUT2D eigenvalue weighted by Gasteiger charge is -2.09. The third-order valence-corrected chi connectivity index (χ3v) is 4.38. The predicted octanol–water partition coefficient (Wildman–Crippen LogP) is 3.67. The Balaban J connectivity index is 1.63. The lowest BCUT2D eigenvalue weighted by atomic mass is 10.0. The molecule has 0 N–H and O–H groups in total. The van der Waals surface area contributed by atoms with Crippen molar-refractivity contribution in [1.82, 2.24) is 19.7 Å². The number of benzene rings is 1. The maximum Gasteiger partial charge on any atom is 0.317 e. The number of carbonyl (C=O) groups excluding carboxylic acids is 1. The molecule has 0 bridgehead atoms. The monoisotopic (exact) mass is 364 g/mol. The Labute approximate surface area is 159 Å². The molecule has 0 aliphatic heterocycles. The van der Waals surface area contributed by atoms with Gasteiger partial charge < -0.3 is 4.74 Å². The van der Waals surface area contributed by atoms with Crippen molar-refractivity contribution >= 4 is 5.78 Å². The van der Waals surface area contributed by atoms with E-state index < -0.39 is 0 Å². The Hall–Kier alpha value is -3.02. The molecule has 0 amide bonds. The van der Waals surface area contributed by atoms with Crippen LogP contribution in [0.4, 0.5) is 0 Å². The average molecular weight is 364 g/mol. The van der Waals surface area contributed by atoms with Gasteiger partial charge in [-0.1, -0.05) is 43.2 Å². The maximum atomic E-state index is 12.3. The van der Waals surface area contributed by atoms with Crippen molar-refractivity contribution in [2.24, 2.45) is 0 Å². The van der Waals surface area contributed by atoms with Crippen molar-refractivity contribution < 1.29 is 9.53 Å². The van der Waals surface area contributed by atoms with E-state index >= 15 is 0 Å². The molecular formula is C21H24N4O2. The van der Waals surface area contributed by atoms with Crippen molar-refractivity contribution in [2.45, 2.75) is 39.7 Å². The predicted molar refractivity (Wildman–Crippen MR) is 104 cm³/mol. The number of rotatable bonds is 8. The van der Waals surface area contributed by atoms with Gasteiger partial charge in [0.2, 0.25) is 0 Å². The molecule has 2 aromatic heterocycles. The van der Waals surface area contributed by atoms with E-state index in [1.165, 1.54) is 5.56 Å². The molecule has 2 heterocycles. The van der Waals surface area contributed by atoms with Crippen LogP contribution in [-0.2, 0) is 17.8 Å². The quantitative estimate of drug-likeness (QED) is 0.610. The van der Waals surface area contributed by atoms with Crippen molar-refractivity contribution in [3.05, 3.63) is 59.9 Å². The van der Waals surface area contributed by atoms with Gasteiger partial charge in [0, 0.05) is 30.9 Å². The number of ether oxygens (including phenoxy) is 1. The van der Waals surface area contributed by atoms with Crippen molar-refractivity contribution in [3.8, 4) is 17.4 Å². The third kappa shape index (κ3) is 4.58. The van der Waals surface area contributed by atoms with E-state index in [0.717, 1.165) is 11.1 Å². The van der Waals surface area contributed by atoms with Gasteiger partial charge in [-0.15, -0.1) is 5.10 Å². The minimum atomic E-state index is -0.0274. The molecule has 0 spiro atoms.